The number of allylic oxidation sites excluding steroid dienone is 1. The first-order chi connectivity index (χ1) is 9.59. The number of hydrogen-bond acceptors (Lipinski definition) is 2. The highest BCUT2D eigenvalue weighted by Crippen LogP contribution is 2.61. The summed E-state index contributed by atoms with van der Waals surface area (Å²) in [5.74, 6) is 3.38. The first kappa shape index (κ1) is 13.1. The summed E-state index contributed by atoms with van der Waals surface area (Å²) in [6, 6.07) is 0. The Hall–Kier alpha value is -0.630. The zero-order valence-corrected chi connectivity index (χ0v) is 12.5. The van der Waals surface area contributed by atoms with Crippen LogP contribution in [0.5, 0.6) is 0 Å². The molecule has 4 rings (SSSR count). The summed E-state index contributed by atoms with van der Waals surface area (Å²) in [6.45, 7) is 2.33. The third-order valence-corrected chi connectivity index (χ3v) is 7.25. The van der Waals surface area contributed by atoms with Crippen molar-refractivity contribution < 1.29 is 9.90 Å². The van der Waals surface area contributed by atoms with E-state index in [2.05, 4.69) is 6.92 Å². The number of aliphatic hydroxyl groups is 1. The van der Waals surface area contributed by atoms with Crippen molar-refractivity contribution >= 4 is 5.78 Å². The van der Waals surface area contributed by atoms with Crippen molar-refractivity contribution in [3.05, 3.63) is 11.6 Å². The molecular weight excluding hydrogens is 248 g/mol. The molecule has 0 aromatic rings. The van der Waals surface area contributed by atoms with Crippen LogP contribution in [0.2, 0.25) is 0 Å². The molecule has 4 aliphatic carbocycles. The van der Waals surface area contributed by atoms with Gasteiger partial charge in [0.15, 0.2) is 5.78 Å². The molecule has 0 bridgehead atoms. The number of aliphatic hydroxyl groups excluding tert-OH is 1. The minimum Gasteiger partial charge on any atom is -0.393 e. The van der Waals surface area contributed by atoms with Gasteiger partial charge in [-0.2, -0.15) is 0 Å². The molecule has 6 atom stereocenters. The van der Waals surface area contributed by atoms with Gasteiger partial charge in [0.25, 0.3) is 0 Å². The van der Waals surface area contributed by atoms with Gasteiger partial charge in [0.2, 0.25) is 0 Å². The van der Waals surface area contributed by atoms with E-state index in [0.717, 1.165) is 43.4 Å². The molecule has 0 aliphatic heterocycles. The summed E-state index contributed by atoms with van der Waals surface area (Å²) in [4.78, 5) is 11.6. The van der Waals surface area contributed by atoms with Crippen LogP contribution in [0.1, 0.15) is 58.3 Å². The highest BCUT2D eigenvalue weighted by molar-refractivity contribution is 5.91. The topological polar surface area (TPSA) is 37.3 Å². The molecule has 1 N–H and O–H groups in total. The van der Waals surface area contributed by atoms with Crippen molar-refractivity contribution in [1.29, 1.82) is 0 Å². The van der Waals surface area contributed by atoms with Gasteiger partial charge in [-0.1, -0.05) is 12.5 Å². The van der Waals surface area contributed by atoms with Gasteiger partial charge in [-0.15, -0.1) is 0 Å². The highest BCUT2D eigenvalue weighted by atomic mass is 16.3. The molecule has 0 spiro atoms. The number of ketones is 1. The fourth-order valence-electron chi connectivity index (χ4n) is 6.15. The quantitative estimate of drug-likeness (QED) is 0.734. The Morgan fingerprint density at radius 2 is 1.95 bits per heavy atom. The van der Waals surface area contributed by atoms with Gasteiger partial charge in [0.05, 0.1) is 6.10 Å². The molecule has 2 nitrogen and oxygen atoms in total. The van der Waals surface area contributed by atoms with Crippen molar-refractivity contribution in [2.75, 3.05) is 0 Å². The predicted molar refractivity (Wildman–Crippen MR) is 78.1 cm³/mol. The summed E-state index contributed by atoms with van der Waals surface area (Å²) in [5, 5.41) is 10.4. The summed E-state index contributed by atoms with van der Waals surface area (Å²) in [7, 11) is 0. The minimum atomic E-state index is -0.0710. The average Bonchev–Trinajstić information content (AvgIpc) is 2.74. The molecule has 3 saturated carbocycles. The third-order valence-electron chi connectivity index (χ3n) is 7.25. The van der Waals surface area contributed by atoms with Gasteiger partial charge in [0.1, 0.15) is 0 Å². The summed E-state index contributed by atoms with van der Waals surface area (Å²) < 4.78 is 0. The Bertz CT molecular complexity index is 466. The van der Waals surface area contributed by atoms with Crippen molar-refractivity contribution in [2.45, 2.75) is 64.4 Å². The molecule has 0 amide bonds. The van der Waals surface area contributed by atoms with E-state index >= 15 is 0 Å². The van der Waals surface area contributed by atoms with Gasteiger partial charge in [-0.3, -0.25) is 4.79 Å². The molecule has 2 unspecified atom stereocenters. The van der Waals surface area contributed by atoms with E-state index in [1.165, 1.54) is 31.3 Å². The first-order valence-electron chi connectivity index (χ1n) is 8.51. The zero-order valence-electron chi connectivity index (χ0n) is 12.5. The SMILES string of the molecule is C[C@]12CC[C@@H]3C4CCC(=O)C=C4CC[C@H]3[C@@H]1CCC2O. The van der Waals surface area contributed by atoms with Crippen LogP contribution < -0.4 is 0 Å². The lowest BCUT2D eigenvalue weighted by Crippen LogP contribution is -2.47. The second kappa shape index (κ2) is 4.43. The summed E-state index contributed by atoms with van der Waals surface area (Å²) >= 11 is 0. The molecule has 0 radical (unpaired) electrons. The Morgan fingerprint density at radius 3 is 2.80 bits per heavy atom. The second-order valence-corrected chi connectivity index (χ2v) is 7.94. The van der Waals surface area contributed by atoms with Crippen LogP contribution in [0.3, 0.4) is 0 Å². The van der Waals surface area contributed by atoms with Crippen molar-refractivity contribution in [3.63, 3.8) is 0 Å². The molecule has 0 saturated heterocycles. The Labute approximate surface area is 121 Å². The van der Waals surface area contributed by atoms with Crippen LogP contribution in [0.25, 0.3) is 0 Å². The fourth-order valence-corrected chi connectivity index (χ4v) is 6.15. The minimum absolute atomic E-state index is 0.0710. The highest BCUT2D eigenvalue weighted by Gasteiger charge is 2.55. The average molecular weight is 274 g/mol. The van der Waals surface area contributed by atoms with E-state index in [-0.39, 0.29) is 11.5 Å². The number of fused-ring (bicyclic) bond motifs is 5. The normalized spacial score (nSPS) is 51.0. The van der Waals surface area contributed by atoms with E-state index in [9.17, 15) is 9.90 Å². The molecule has 0 heterocycles. The van der Waals surface area contributed by atoms with Crippen molar-refractivity contribution in [3.8, 4) is 0 Å². The molecule has 20 heavy (non-hydrogen) atoms. The van der Waals surface area contributed by atoms with Crippen LogP contribution >= 0.6 is 0 Å². The monoisotopic (exact) mass is 274 g/mol. The van der Waals surface area contributed by atoms with Gasteiger partial charge in [-0.05, 0) is 80.1 Å². The zero-order chi connectivity index (χ0) is 13.9. The van der Waals surface area contributed by atoms with Crippen LogP contribution in [-0.2, 0) is 4.79 Å². The van der Waals surface area contributed by atoms with Gasteiger partial charge in [0, 0.05) is 6.42 Å². The molecule has 2 heteroatoms. The summed E-state index contributed by atoms with van der Waals surface area (Å²) in [6.07, 6.45) is 10.9. The van der Waals surface area contributed by atoms with Gasteiger partial charge in [-0.25, -0.2) is 0 Å². The van der Waals surface area contributed by atoms with Crippen LogP contribution in [0.15, 0.2) is 11.6 Å². The number of carbonyl (C=O) groups is 1. The van der Waals surface area contributed by atoms with E-state index in [0.29, 0.717) is 11.7 Å². The van der Waals surface area contributed by atoms with Gasteiger partial charge >= 0.3 is 0 Å². The maximum Gasteiger partial charge on any atom is 0.155 e. The molecule has 0 aromatic carbocycles. The Balaban J connectivity index is 1.63. The van der Waals surface area contributed by atoms with Gasteiger partial charge < -0.3 is 5.11 Å². The molecule has 4 aliphatic rings. The van der Waals surface area contributed by atoms with E-state index in [4.69, 9.17) is 0 Å². The Morgan fingerprint density at radius 1 is 1.10 bits per heavy atom. The van der Waals surface area contributed by atoms with Crippen LogP contribution in [0, 0.1) is 29.1 Å². The molecule has 0 aromatic heterocycles. The standard InChI is InChI=1S/C18H26O2/c1-18-9-8-14-13-5-3-12(19)10-11(13)2-4-15(14)16(18)6-7-17(18)20/h10,13-17,20H,2-9H2,1H3/t13?,14-,15-,16+,17?,18+/m1/s1. The summed E-state index contributed by atoms with van der Waals surface area (Å²) in [5.41, 5.74) is 1.65. The van der Waals surface area contributed by atoms with E-state index < -0.39 is 0 Å². The van der Waals surface area contributed by atoms with E-state index in [1.54, 1.807) is 0 Å². The Kier molecular flexibility index (Phi) is 2.89. The molecular formula is C18H26O2. The lowest BCUT2D eigenvalue weighted by atomic mass is 9.52. The largest absolute Gasteiger partial charge is 0.393 e. The lowest BCUT2D eigenvalue weighted by Gasteiger charge is -2.53. The van der Waals surface area contributed by atoms with Crippen LogP contribution in [0.4, 0.5) is 0 Å². The molecule has 110 valence electrons. The number of carbonyl (C=O) groups excluding carboxylic acids is 1. The fraction of sp³-hybridized carbons (Fsp3) is 0.833. The maximum absolute atomic E-state index is 11.6. The number of hydrogen-bond donors (Lipinski definition) is 1. The number of rotatable bonds is 0. The van der Waals surface area contributed by atoms with E-state index in [1.807, 2.05) is 6.08 Å². The second-order valence-electron chi connectivity index (χ2n) is 7.94. The molecule has 3 fully saturated rings. The van der Waals surface area contributed by atoms with Crippen molar-refractivity contribution in [1.82, 2.24) is 0 Å². The predicted octanol–water partition coefficient (Wildman–Crippen LogP) is 3.49. The third kappa shape index (κ3) is 1.70. The lowest BCUT2D eigenvalue weighted by molar-refractivity contribution is -0.116. The smallest absolute Gasteiger partial charge is 0.155 e. The first-order valence-corrected chi connectivity index (χ1v) is 8.51. The van der Waals surface area contributed by atoms with Crippen molar-refractivity contribution in [2.24, 2.45) is 29.1 Å². The maximum atomic E-state index is 11.6. The van der Waals surface area contributed by atoms with Crippen LogP contribution in [-0.4, -0.2) is 17.0 Å².